The van der Waals surface area contributed by atoms with Gasteiger partial charge in [-0.1, -0.05) is 6.07 Å². The third kappa shape index (κ3) is 5.79. The lowest BCUT2D eigenvalue weighted by molar-refractivity contribution is 0.0696. The highest BCUT2D eigenvalue weighted by Crippen LogP contribution is 2.18. The van der Waals surface area contributed by atoms with Crippen molar-refractivity contribution in [2.75, 3.05) is 17.6 Å². The number of carbonyl (C=O) groups is 2. The zero-order chi connectivity index (χ0) is 16.0. The molecule has 1 aromatic carbocycles. The van der Waals surface area contributed by atoms with Crippen molar-refractivity contribution in [3.05, 3.63) is 29.3 Å². The molecule has 0 fully saturated rings. The number of nitrogens with two attached hydrogens (primary N) is 1. The van der Waals surface area contributed by atoms with Crippen LogP contribution in [0.2, 0.25) is 0 Å². The van der Waals surface area contributed by atoms with Crippen LogP contribution in [0.4, 0.5) is 10.5 Å². The van der Waals surface area contributed by atoms with Crippen LogP contribution < -0.4 is 15.8 Å². The number of sulfonamides is 1. The van der Waals surface area contributed by atoms with Crippen molar-refractivity contribution in [2.24, 2.45) is 5.14 Å². The van der Waals surface area contributed by atoms with E-state index in [4.69, 9.17) is 10.2 Å². The quantitative estimate of drug-likeness (QED) is 0.566. The molecular formula is C12H17N3O5S. The van der Waals surface area contributed by atoms with Gasteiger partial charge >= 0.3 is 12.0 Å². The topological polar surface area (TPSA) is 139 Å². The molecule has 0 spiro atoms. The fourth-order valence-corrected chi connectivity index (χ4v) is 2.19. The Balaban J connectivity index is 2.56. The van der Waals surface area contributed by atoms with Crippen LogP contribution >= 0.6 is 0 Å². The summed E-state index contributed by atoms with van der Waals surface area (Å²) < 4.78 is 21.4. The molecule has 0 aliphatic heterocycles. The summed E-state index contributed by atoms with van der Waals surface area (Å²) in [5, 5.41) is 18.8. The minimum Gasteiger partial charge on any atom is -0.478 e. The van der Waals surface area contributed by atoms with E-state index >= 15 is 0 Å². The summed E-state index contributed by atoms with van der Waals surface area (Å²) in [7, 11) is -3.54. The third-order valence-electron chi connectivity index (χ3n) is 2.70. The number of benzene rings is 1. The normalized spacial score (nSPS) is 11.0. The molecule has 1 aromatic rings. The first-order valence-electron chi connectivity index (χ1n) is 6.09. The summed E-state index contributed by atoms with van der Waals surface area (Å²) >= 11 is 0. The fraction of sp³-hybridized carbons (Fsp3) is 0.333. The Hall–Kier alpha value is -2.13. The number of nitrogens with one attached hydrogen (secondary N) is 2. The lowest BCUT2D eigenvalue weighted by Crippen LogP contribution is -2.31. The summed E-state index contributed by atoms with van der Waals surface area (Å²) in [6.45, 7) is 1.72. The minimum absolute atomic E-state index is 0.0991. The van der Waals surface area contributed by atoms with Crippen LogP contribution in [0.5, 0.6) is 0 Å². The SMILES string of the molecule is Cc1c(NC(=O)NCCCS(N)(=O)=O)cccc1C(=O)O. The Kier molecular flexibility index (Phi) is 5.68. The second-order valence-electron chi connectivity index (χ2n) is 4.38. The lowest BCUT2D eigenvalue weighted by Gasteiger charge is -2.11. The average Bonchev–Trinajstić information content (AvgIpc) is 2.36. The van der Waals surface area contributed by atoms with Crippen LogP contribution in [0.15, 0.2) is 18.2 Å². The molecule has 0 aliphatic rings. The number of hydrogen-bond acceptors (Lipinski definition) is 4. The van der Waals surface area contributed by atoms with E-state index in [0.29, 0.717) is 11.3 Å². The molecule has 1 rings (SSSR count). The lowest BCUT2D eigenvalue weighted by atomic mass is 10.1. The Morgan fingerprint density at radius 1 is 1.33 bits per heavy atom. The van der Waals surface area contributed by atoms with Crippen LogP contribution in [-0.2, 0) is 10.0 Å². The number of amides is 2. The van der Waals surface area contributed by atoms with Crippen LogP contribution in [0.25, 0.3) is 0 Å². The average molecular weight is 315 g/mol. The maximum atomic E-state index is 11.6. The first-order chi connectivity index (χ1) is 9.70. The van der Waals surface area contributed by atoms with E-state index in [1.54, 1.807) is 13.0 Å². The molecule has 21 heavy (non-hydrogen) atoms. The molecule has 0 unspecified atom stereocenters. The molecule has 0 atom stereocenters. The molecule has 0 radical (unpaired) electrons. The third-order valence-corrected chi connectivity index (χ3v) is 3.56. The molecule has 5 N–H and O–H groups in total. The van der Waals surface area contributed by atoms with Gasteiger partial charge in [-0.3, -0.25) is 0 Å². The van der Waals surface area contributed by atoms with Crippen molar-refractivity contribution in [3.8, 4) is 0 Å². The maximum Gasteiger partial charge on any atom is 0.336 e. The molecule has 0 heterocycles. The predicted molar refractivity (Wildman–Crippen MR) is 77.8 cm³/mol. The van der Waals surface area contributed by atoms with Crippen molar-refractivity contribution in [3.63, 3.8) is 0 Å². The van der Waals surface area contributed by atoms with Crippen LogP contribution in [0.3, 0.4) is 0 Å². The zero-order valence-electron chi connectivity index (χ0n) is 11.4. The van der Waals surface area contributed by atoms with Crippen molar-refractivity contribution >= 4 is 27.7 Å². The van der Waals surface area contributed by atoms with Crippen molar-refractivity contribution in [1.29, 1.82) is 0 Å². The Morgan fingerprint density at radius 2 is 2.00 bits per heavy atom. The van der Waals surface area contributed by atoms with E-state index in [0.717, 1.165) is 0 Å². The van der Waals surface area contributed by atoms with Gasteiger partial charge in [-0.05, 0) is 31.0 Å². The largest absolute Gasteiger partial charge is 0.478 e. The Labute approximate surface area is 122 Å². The number of rotatable bonds is 6. The van der Waals surface area contributed by atoms with Crippen LogP contribution in [0, 0.1) is 6.92 Å². The first kappa shape index (κ1) is 16.9. The summed E-state index contributed by atoms with van der Waals surface area (Å²) in [6, 6.07) is 3.99. The van der Waals surface area contributed by atoms with E-state index in [1.807, 2.05) is 0 Å². The molecule has 0 aliphatic carbocycles. The summed E-state index contributed by atoms with van der Waals surface area (Å²) in [4.78, 5) is 22.6. The Bertz CT molecular complexity index is 642. The maximum absolute atomic E-state index is 11.6. The Morgan fingerprint density at radius 3 is 2.57 bits per heavy atom. The number of urea groups is 1. The van der Waals surface area contributed by atoms with Gasteiger partial charge in [-0.2, -0.15) is 0 Å². The monoisotopic (exact) mass is 315 g/mol. The second kappa shape index (κ2) is 7.04. The molecule has 0 saturated carbocycles. The van der Waals surface area contributed by atoms with Crippen LogP contribution in [0.1, 0.15) is 22.3 Å². The fourth-order valence-electron chi connectivity index (χ4n) is 1.64. The van der Waals surface area contributed by atoms with E-state index in [1.165, 1.54) is 12.1 Å². The van der Waals surface area contributed by atoms with Gasteiger partial charge in [0.2, 0.25) is 10.0 Å². The number of hydrogen-bond donors (Lipinski definition) is 4. The van der Waals surface area contributed by atoms with Gasteiger partial charge in [-0.25, -0.2) is 23.1 Å². The minimum atomic E-state index is -3.54. The highest BCUT2D eigenvalue weighted by atomic mass is 32.2. The number of aromatic carboxylic acids is 1. The molecular weight excluding hydrogens is 298 g/mol. The molecule has 0 bridgehead atoms. The zero-order valence-corrected chi connectivity index (χ0v) is 12.2. The van der Waals surface area contributed by atoms with E-state index in [2.05, 4.69) is 10.6 Å². The molecule has 9 heteroatoms. The molecule has 8 nitrogen and oxygen atoms in total. The van der Waals surface area contributed by atoms with Gasteiger partial charge < -0.3 is 15.7 Å². The molecule has 0 saturated heterocycles. The van der Waals surface area contributed by atoms with Crippen molar-refractivity contribution in [2.45, 2.75) is 13.3 Å². The van der Waals surface area contributed by atoms with Gasteiger partial charge in [0, 0.05) is 12.2 Å². The van der Waals surface area contributed by atoms with Gasteiger partial charge in [0.15, 0.2) is 0 Å². The van der Waals surface area contributed by atoms with E-state index in [-0.39, 0.29) is 24.3 Å². The number of carboxylic acids is 1. The standard InChI is InChI=1S/C12H17N3O5S/c1-8-9(11(16)17)4-2-5-10(8)15-12(18)14-6-3-7-21(13,19)20/h2,4-5H,3,6-7H2,1H3,(H,16,17)(H2,13,19,20)(H2,14,15,18). The van der Waals surface area contributed by atoms with Gasteiger partial charge in [0.25, 0.3) is 0 Å². The van der Waals surface area contributed by atoms with Gasteiger partial charge in [-0.15, -0.1) is 0 Å². The van der Waals surface area contributed by atoms with Crippen molar-refractivity contribution < 1.29 is 23.1 Å². The summed E-state index contributed by atoms with van der Waals surface area (Å²) in [6.07, 6.45) is 0.195. The van der Waals surface area contributed by atoms with Gasteiger partial charge in [0.1, 0.15) is 0 Å². The number of anilines is 1. The van der Waals surface area contributed by atoms with Crippen molar-refractivity contribution in [1.82, 2.24) is 5.32 Å². The highest BCUT2D eigenvalue weighted by Gasteiger charge is 2.11. The summed E-state index contributed by atoms with van der Waals surface area (Å²) in [5.41, 5.74) is 0.908. The number of carbonyl (C=O) groups excluding carboxylic acids is 1. The molecule has 0 aromatic heterocycles. The van der Waals surface area contributed by atoms with Crippen LogP contribution in [-0.4, -0.2) is 37.8 Å². The smallest absolute Gasteiger partial charge is 0.336 e. The highest BCUT2D eigenvalue weighted by molar-refractivity contribution is 7.89. The van der Waals surface area contributed by atoms with Gasteiger partial charge in [0.05, 0.1) is 11.3 Å². The second-order valence-corrected chi connectivity index (χ2v) is 6.12. The molecule has 2 amide bonds. The first-order valence-corrected chi connectivity index (χ1v) is 7.80. The number of carboxylic acid groups (broad SMARTS) is 1. The van der Waals surface area contributed by atoms with E-state index in [9.17, 15) is 18.0 Å². The predicted octanol–water partition coefficient (Wildman–Crippen LogP) is 0.493. The van der Waals surface area contributed by atoms with E-state index < -0.39 is 22.0 Å². The number of primary sulfonamides is 1. The summed E-state index contributed by atoms with van der Waals surface area (Å²) in [5.74, 6) is -1.30. The molecule has 116 valence electrons.